The number of hydrogen-bond acceptors (Lipinski definition) is 4. The van der Waals surface area contributed by atoms with Gasteiger partial charge in [0.1, 0.15) is 0 Å². The van der Waals surface area contributed by atoms with E-state index >= 15 is 0 Å². The fourth-order valence-corrected chi connectivity index (χ4v) is 5.24. The fraction of sp³-hybridized carbons (Fsp3) is 0.480. The molecule has 0 saturated heterocycles. The molecular formula is C25H30N4O. The van der Waals surface area contributed by atoms with Crippen LogP contribution in [-0.4, -0.2) is 38.5 Å². The number of pyridine rings is 1. The van der Waals surface area contributed by atoms with E-state index in [0.717, 1.165) is 42.0 Å². The highest BCUT2D eigenvalue weighted by Crippen LogP contribution is 2.34. The standard InChI is InChI=1S/C25H30N4O/c30-25(23-3-1-5-24-22(23)4-2-12-26-24)17-20-8-6-19(7-9-20)11-14-28-15-16-29-21(18-28)10-13-27-29/h1-5,10,12-13,19-20H,6-9,11,14-18H2. The molecule has 5 nitrogen and oxygen atoms in total. The molecule has 1 fully saturated rings. The minimum atomic E-state index is 0.280. The van der Waals surface area contributed by atoms with Crippen molar-refractivity contribution in [1.82, 2.24) is 19.7 Å². The zero-order valence-corrected chi connectivity index (χ0v) is 17.5. The van der Waals surface area contributed by atoms with Crippen LogP contribution in [-0.2, 0) is 13.1 Å². The molecule has 0 amide bonds. The van der Waals surface area contributed by atoms with Crippen molar-refractivity contribution in [1.29, 1.82) is 0 Å². The molecule has 1 aliphatic heterocycles. The van der Waals surface area contributed by atoms with Gasteiger partial charge in [0, 0.05) is 42.9 Å². The summed E-state index contributed by atoms with van der Waals surface area (Å²) < 4.78 is 2.13. The van der Waals surface area contributed by atoms with Crippen molar-refractivity contribution in [2.45, 2.75) is 51.6 Å². The van der Waals surface area contributed by atoms with Gasteiger partial charge in [0.25, 0.3) is 0 Å². The molecule has 5 heteroatoms. The lowest BCUT2D eigenvalue weighted by Crippen LogP contribution is -2.35. The Balaban J connectivity index is 1.10. The van der Waals surface area contributed by atoms with E-state index < -0.39 is 0 Å². The second kappa shape index (κ2) is 8.68. The quantitative estimate of drug-likeness (QED) is 0.560. The average molecular weight is 403 g/mol. The summed E-state index contributed by atoms with van der Waals surface area (Å²) in [7, 11) is 0. The molecule has 5 rings (SSSR count). The summed E-state index contributed by atoms with van der Waals surface area (Å²) in [5.74, 6) is 1.62. The summed E-state index contributed by atoms with van der Waals surface area (Å²) in [5.41, 5.74) is 3.09. The van der Waals surface area contributed by atoms with Crippen LogP contribution in [0.1, 0.15) is 54.6 Å². The first-order valence-corrected chi connectivity index (χ1v) is 11.4. The number of carbonyl (C=O) groups is 1. The van der Waals surface area contributed by atoms with Gasteiger partial charge in [-0.25, -0.2) is 0 Å². The third-order valence-corrected chi connectivity index (χ3v) is 7.06. The number of Topliss-reactive ketones (excluding diaryl/α,β-unsaturated/α-hetero) is 1. The molecule has 0 unspecified atom stereocenters. The van der Waals surface area contributed by atoms with E-state index in [1.807, 2.05) is 36.5 Å². The Hall–Kier alpha value is -2.53. The van der Waals surface area contributed by atoms with E-state index in [0.29, 0.717) is 12.3 Å². The van der Waals surface area contributed by atoms with Crippen LogP contribution in [0.25, 0.3) is 10.9 Å². The molecule has 1 aliphatic carbocycles. The number of ketones is 1. The van der Waals surface area contributed by atoms with Gasteiger partial charge in [-0.15, -0.1) is 0 Å². The summed E-state index contributed by atoms with van der Waals surface area (Å²) in [5, 5.41) is 5.36. The molecule has 0 atom stereocenters. The first-order chi connectivity index (χ1) is 14.8. The zero-order valence-electron chi connectivity index (χ0n) is 17.5. The van der Waals surface area contributed by atoms with Crippen LogP contribution in [0.15, 0.2) is 48.8 Å². The van der Waals surface area contributed by atoms with Crippen molar-refractivity contribution in [2.24, 2.45) is 11.8 Å². The van der Waals surface area contributed by atoms with Gasteiger partial charge >= 0.3 is 0 Å². The highest BCUT2D eigenvalue weighted by molar-refractivity contribution is 6.07. The molecule has 2 aliphatic rings. The second-order valence-electron chi connectivity index (χ2n) is 9.00. The van der Waals surface area contributed by atoms with E-state index in [2.05, 4.69) is 25.7 Å². The molecule has 2 aromatic heterocycles. The number of fused-ring (bicyclic) bond motifs is 2. The van der Waals surface area contributed by atoms with Crippen LogP contribution in [0.2, 0.25) is 0 Å². The summed E-state index contributed by atoms with van der Waals surface area (Å²) in [6, 6.07) is 12.0. The Kier molecular flexibility index (Phi) is 5.63. The molecule has 1 saturated carbocycles. The van der Waals surface area contributed by atoms with Crippen LogP contribution in [0, 0.1) is 11.8 Å². The molecule has 0 bridgehead atoms. The maximum atomic E-state index is 13.0. The predicted molar refractivity (Wildman–Crippen MR) is 118 cm³/mol. The molecule has 0 radical (unpaired) electrons. The van der Waals surface area contributed by atoms with Crippen molar-refractivity contribution in [3.05, 3.63) is 60.0 Å². The Labute approximate surface area is 178 Å². The van der Waals surface area contributed by atoms with Crippen molar-refractivity contribution < 1.29 is 4.79 Å². The van der Waals surface area contributed by atoms with Crippen molar-refractivity contribution in [3.8, 4) is 0 Å². The number of carbonyl (C=O) groups excluding carboxylic acids is 1. The Morgan fingerprint density at radius 3 is 2.73 bits per heavy atom. The molecule has 156 valence electrons. The molecule has 0 N–H and O–H groups in total. The van der Waals surface area contributed by atoms with Gasteiger partial charge in [-0.3, -0.25) is 19.4 Å². The average Bonchev–Trinajstić information content (AvgIpc) is 3.26. The predicted octanol–water partition coefficient (Wildman–Crippen LogP) is 4.72. The van der Waals surface area contributed by atoms with Gasteiger partial charge in [0.05, 0.1) is 17.8 Å². The van der Waals surface area contributed by atoms with E-state index in [4.69, 9.17) is 0 Å². The number of rotatable bonds is 6. The highest BCUT2D eigenvalue weighted by atomic mass is 16.1. The third kappa shape index (κ3) is 4.17. The van der Waals surface area contributed by atoms with Gasteiger partial charge < -0.3 is 0 Å². The number of aromatic nitrogens is 3. The fourth-order valence-electron chi connectivity index (χ4n) is 5.24. The van der Waals surface area contributed by atoms with E-state index in [9.17, 15) is 4.79 Å². The Bertz CT molecular complexity index is 1010. The smallest absolute Gasteiger partial charge is 0.163 e. The normalized spacial score (nSPS) is 22.1. The summed E-state index contributed by atoms with van der Waals surface area (Å²) >= 11 is 0. The summed E-state index contributed by atoms with van der Waals surface area (Å²) in [4.78, 5) is 19.9. The van der Waals surface area contributed by atoms with Crippen molar-refractivity contribution in [3.63, 3.8) is 0 Å². The third-order valence-electron chi connectivity index (χ3n) is 7.06. The Morgan fingerprint density at radius 2 is 1.83 bits per heavy atom. The first-order valence-electron chi connectivity index (χ1n) is 11.4. The molecule has 30 heavy (non-hydrogen) atoms. The number of benzene rings is 1. The molecular weight excluding hydrogens is 372 g/mol. The summed E-state index contributed by atoms with van der Waals surface area (Å²) in [6.45, 7) is 4.34. The van der Waals surface area contributed by atoms with Crippen LogP contribution in [0.5, 0.6) is 0 Å². The largest absolute Gasteiger partial charge is 0.296 e. The minimum absolute atomic E-state index is 0.280. The van der Waals surface area contributed by atoms with Crippen LogP contribution < -0.4 is 0 Å². The molecule has 3 aromatic rings. The van der Waals surface area contributed by atoms with E-state index in [-0.39, 0.29) is 5.78 Å². The number of hydrogen-bond donors (Lipinski definition) is 0. The maximum absolute atomic E-state index is 13.0. The van der Waals surface area contributed by atoms with Gasteiger partial charge in [0.2, 0.25) is 0 Å². The van der Waals surface area contributed by atoms with Gasteiger partial charge in [0.15, 0.2) is 5.78 Å². The zero-order chi connectivity index (χ0) is 20.3. The minimum Gasteiger partial charge on any atom is -0.296 e. The van der Waals surface area contributed by atoms with Gasteiger partial charge in [-0.05, 0) is 55.8 Å². The van der Waals surface area contributed by atoms with Crippen molar-refractivity contribution >= 4 is 16.7 Å². The van der Waals surface area contributed by atoms with E-state index in [1.54, 1.807) is 6.20 Å². The van der Waals surface area contributed by atoms with Gasteiger partial charge in [-0.1, -0.05) is 31.0 Å². The highest BCUT2D eigenvalue weighted by Gasteiger charge is 2.25. The van der Waals surface area contributed by atoms with Gasteiger partial charge in [-0.2, -0.15) is 5.10 Å². The SMILES string of the molecule is O=C(CC1CCC(CCN2CCn3nccc3C2)CC1)c1cccc2ncccc12. The maximum Gasteiger partial charge on any atom is 0.163 e. The van der Waals surface area contributed by atoms with E-state index in [1.165, 1.54) is 44.3 Å². The monoisotopic (exact) mass is 402 g/mol. The van der Waals surface area contributed by atoms with Crippen molar-refractivity contribution in [2.75, 3.05) is 13.1 Å². The first kappa shape index (κ1) is 19.4. The lowest BCUT2D eigenvalue weighted by Gasteiger charge is -2.32. The van der Waals surface area contributed by atoms with Crippen LogP contribution >= 0.6 is 0 Å². The lowest BCUT2D eigenvalue weighted by atomic mass is 9.78. The van der Waals surface area contributed by atoms with Crippen LogP contribution in [0.4, 0.5) is 0 Å². The lowest BCUT2D eigenvalue weighted by molar-refractivity contribution is 0.0941. The molecule has 3 heterocycles. The topological polar surface area (TPSA) is 51.0 Å². The van der Waals surface area contributed by atoms with Crippen LogP contribution in [0.3, 0.4) is 0 Å². The molecule has 1 aromatic carbocycles. The second-order valence-corrected chi connectivity index (χ2v) is 9.00. The molecule has 0 spiro atoms. The summed E-state index contributed by atoms with van der Waals surface area (Å²) in [6.07, 6.45) is 10.6. The number of nitrogens with zero attached hydrogens (tertiary/aromatic N) is 4. The Morgan fingerprint density at radius 1 is 0.967 bits per heavy atom.